The van der Waals surface area contributed by atoms with Crippen molar-refractivity contribution in [1.82, 2.24) is 15.2 Å². The molecular formula is C21H19ClFN5O7S. The minimum atomic E-state index is -1.19. The Labute approximate surface area is 212 Å². The van der Waals surface area contributed by atoms with Gasteiger partial charge in [-0.15, -0.1) is 21.5 Å². The zero-order valence-corrected chi connectivity index (χ0v) is 20.3. The molecule has 190 valence electrons. The third-order valence-electron chi connectivity index (χ3n) is 5.46. The number of amidine groups is 1. The summed E-state index contributed by atoms with van der Waals surface area (Å²) in [5.74, 6) is -2.09. The van der Waals surface area contributed by atoms with Crippen LogP contribution in [0.25, 0.3) is 0 Å². The van der Waals surface area contributed by atoms with Crippen LogP contribution in [0.5, 0.6) is 0 Å². The molecule has 12 nitrogen and oxygen atoms in total. The highest BCUT2D eigenvalue weighted by molar-refractivity contribution is 7.11. The fraction of sp³-hybridized carbons (Fsp3) is 0.333. The Kier molecular flexibility index (Phi) is 7.88. The predicted molar refractivity (Wildman–Crippen MR) is 124 cm³/mol. The van der Waals surface area contributed by atoms with Gasteiger partial charge in [-0.25, -0.2) is 19.0 Å². The maximum atomic E-state index is 13.8. The van der Waals surface area contributed by atoms with E-state index < -0.39 is 34.9 Å². The van der Waals surface area contributed by atoms with E-state index in [1.807, 2.05) is 0 Å². The molecule has 0 saturated carbocycles. The first-order valence-corrected chi connectivity index (χ1v) is 11.7. The van der Waals surface area contributed by atoms with Gasteiger partial charge in [0, 0.05) is 40.9 Å². The molecule has 3 heterocycles. The number of thiazole rings is 1. The van der Waals surface area contributed by atoms with Gasteiger partial charge < -0.3 is 14.8 Å². The Morgan fingerprint density at radius 2 is 2.25 bits per heavy atom. The van der Waals surface area contributed by atoms with Crippen molar-refractivity contribution in [2.75, 3.05) is 33.4 Å². The average Bonchev–Trinajstić information content (AvgIpc) is 3.38. The van der Waals surface area contributed by atoms with Crippen molar-refractivity contribution in [2.45, 2.75) is 12.1 Å². The number of carbonyl (C=O) groups is 2. The zero-order chi connectivity index (χ0) is 25.8. The highest BCUT2D eigenvalue weighted by atomic mass is 35.5. The fourth-order valence-corrected chi connectivity index (χ4v) is 4.71. The van der Waals surface area contributed by atoms with Crippen LogP contribution in [0.3, 0.4) is 0 Å². The molecule has 15 heteroatoms. The highest BCUT2D eigenvalue weighted by Crippen LogP contribution is 2.37. The lowest BCUT2D eigenvalue weighted by molar-refractivity contribution is -0.730. The van der Waals surface area contributed by atoms with Crippen molar-refractivity contribution in [1.29, 1.82) is 0 Å². The number of halogens is 2. The number of morpholine rings is 1. The molecule has 0 bridgehead atoms. The van der Waals surface area contributed by atoms with Crippen molar-refractivity contribution in [3.8, 4) is 0 Å². The highest BCUT2D eigenvalue weighted by Gasteiger charge is 2.37. The smallest absolute Gasteiger partial charge is 0.338 e. The van der Waals surface area contributed by atoms with E-state index in [4.69, 9.17) is 21.1 Å². The molecule has 0 amide bonds. The van der Waals surface area contributed by atoms with E-state index in [-0.39, 0.29) is 36.9 Å². The van der Waals surface area contributed by atoms with Gasteiger partial charge in [0.2, 0.25) is 0 Å². The molecule has 0 spiro atoms. The number of benzene rings is 1. The second-order valence-electron chi connectivity index (χ2n) is 7.59. The summed E-state index contributed by atoms with van der Waals surface area (Å²) in [6, 6.07) is 1.63. The molecule has 2 atom stereocenters. The summed E-state index contributed by atoms with van der Waals surface area (Å²) in [6.07, 6.45) is 1.58. The van der Waals surface area contributed by atoms with Crippen molar-refractivity contribution >= 4 is 40.7 Å². The van der Waals surface area contributed by atoms with Gasteiger partial charge in [-0.3, -0.25) is 14.7 Å². The molecule has 2 aliphatic rings. The summed E-state index contributed by atoms with van der Waals surface area (Å²) in [6.45, 7) is 0.256. The maximum absolute atomic E-state index is 13.8. The number of hydrogen-bond acceptors (Lipinski definition) is 12. The van der Waals surface area contributed by atoms with Crippen LogP contribution in [-0.2, 0) is 23.9 Å². The number of carbonyl (C=O) groups excluding carboxylic acids is 2. The van der Waals surface area contributed by atoms with E-state index in [9.17, 15) is 24.1 Å². The van der Waals surface area contributed by atoms with Gasteiger partial charge in [0.15, 0.2) is 10.8 Å². The average molecular weight is 540 g/mol. The van der Waals surface area contributed by atoms with Crippen molar-refractivity contribution in [3.63, 3.8) is 0 Å². The molecule has 0 aliphatic carbocycles. The molecule has 2 aromatic rings. The van der Waals surface area contributed by atoms with E-state index >= 15 is 0 Å². The molecule has 0 radical (unpaired) electrons. The first-order valence-electron chi connectivity index (χ1n) is 10.5. The maximum Gasteiger partial charge on any atom is 0.338 e. The SMILES string of the molecule is COC(=O)C1=C(CN2CCOC[C@H]2C(=O)O[N+](=O)[O-])NC(c2nccs2)=N[C@H]1c1ccc(F)cc1Cl. The van der Waals surface area contributed by atoms with Gasteiger partial charge in [-0.2, -0.15) is 0 Å². The number of ether oxygens (including phenoxy) is 2. The first kappa shape index (κ1) is 25.6. The molecule has 1 fully saturated rings. The van der Waals surface area contributed by atoms with Crippen LogP contribution < -0.4 is 5.32 Å². The zero-order valence-electron chi connectivity index (χ0n) is 18.7. The van der Waals surface area contributed by atoms with Crippen LogP contribution in [-0.4, -0.2) is 72.2 Å². The molecule has 1 aromatic heterocycles. The molecule has 2 aliphatic heterocycles. The standard InChI is InChI=1S/C21H19ClFN5O7S/c1-33-21(30)16-14(9-27-5-6-34-10-15(27)20(29)35-28(31)32)25-18(19-24-4-7-36-19)26-17(16)12-3-2-11(23)8-13(12)22/h2-4,7-8,15,17H,5-6,9-10H2,1H3,(H,25,26)/t15-,17-/m0/s1. The van der Waals surface area contributed by atoms with E-state index in [0.29, 0.717) is 22.1 Å². The number of aromatic nitrogens is 1. The number of methoxy groups -OCH3 is 1. The Bertz CT molecular complexity index is 1240. The summed E-state index contributed by atoms with van der Waals surface area (Å²) >= 11 is 7.62. The van der Waals surface area contributed by atoms with Gasteiger partial charge in [0.05, 0.1) is 25.9 Å². The molecule has 0 unspecified atom stereocenters. The van der Waals surface area contributed by atoms with Crippen LogP contribution >= 0.6 is 22.9 Å². The van der Waals surface area contributed by atoms with E-state index in [0.717, 1.165) is 6.07 Å². The van der Waals surface area contributed by atoms with Crippen LogP contribution in [0.15, 0.2) is 46.0 Å². The predicted octanol–water partition coefficient (Wildman–Crippen LogP) is 1.89. The van der Waals surface area contributed by atoms with Crippen molar-refractivity contribution in [2.24, 2.45) is 4.99 Å². The van der Waals surface area contributed by atoms with E-state index in [1.165, 1.54) is 30.6 Å². The third-order valence-corrected chi connectivity index (χ3v) is 6.57. The van der Waals surface area contributed by atoms with Crippen LogP contribution in [0.1, 0.15) is 16.6 Å². The quantitative estimate of drug-likeness (QED) is 0.314. The molecule has 4 rings (SSSR count). The summed E-state index contributed by atoms with van der Waals surface area (Å²) in [5, 5.41) is 14.9. The Balaban J connectivity index is 1.79. The van der Waals surface area contributed by atoms with Gasteiger partial charge in [0.1, 0.15) is 17.9 Å². The lowest BCUT2D eigenvalue weighted by atomic mass is 9.95. The van der Waals surface area contributed by atoms with Crippen LogP contribution in [0.2, 0.25) is 5.02 Å². The Morgan fingerprint density at radius 3 is 2.92 bits per heavy atom. The molecule has 1 aromatic carbocycles. The van der Waals surface area contributed by atoms with Crippen molar-refractivity contribution < 1.29 is 33.4 Å². The fourth-order valence-electron chi connectivity index (χ4n) is 3.85. The number of rotatable bonds is 7. The summed E-state index contributed by atoms with van der Waals surface area (Å²) < 4.78 is 24.1. The topological polar surface area (TPSA) is 145 Å². The normalized spacial score (nSPS) is 20.4. The van der Waals surface area contributed by atoms with Crippen molar-refractivity contribution in [3.05, 3.63) is 72.6 Å². The largest absolute Gasteiger partial charge is 0.466 e. The van der Waals surface area contributed by atoms with E-state index in [2.05, 4.69) is 20.1 Å². The molecular weight excluding hydrogens is 521 g/mol. The minimum absolute atomic E-state index is 0.0451. The lowest BCUT2D eigenvalue weighted by Crippen LogP contribution is -2.53. The first-order chi connectivity index (χ1) is 17.3. The number of esters is 1. The second kappa shape index (κ2) is 11.1. The third kappa shape index (κ3) is 5.51. The summed E-state index contributed by atoms with van der Waals surface area (Å²) in [5.41, 5.74) is 0.713. The Morgan fingerprint density at radius 1 is 1.44 bits per heavy atom. The second-order valence-corrected chi connectivity index (χ2v) is 8.89. The summed E-state index contributed by atoms with van der Waals surface area (Å²) in [7, 11) is 1.20. The van der Waals surface area contributed by atoms with Crippen LogP contribution in [0.4, 0.5) is 4.39 Å². The molecule has 1 N–H and O–H groups in total. The van der Waals surface area contributed by atoms with Gasteiger partial charge in [0.25, 0.3) is 0 Å². The number of aliphatic imine (C=N–C) groups is 1. The Hall–Kier alpha value is -3.46. The van der Waals surface area contributed by atoms with E-state index in [1.54, 1.807) is 16.5 Å². The lowest BCUT2D eigenvalue weighted by Gasteiger charge is -2.36. The number of hydrogen-bond donors (Lipinski definition) is 1. The van der Waals surface area contributed by atoms with Gasteiger partial charge in [-0.1, -0.05) is 17.7 Å². The summed E-state index contributed by atoms with van der Waals surface area (Å²) in [4.78, 5) is 50.7. The van der Waals surface area contributed by atoms with Gasteiger partial charge in [-0.05, 0) is 12.1 Å². The minimum Gasteiger partial charge on any atom is -0.466 e. The molecule has 1 saturated heterocycles. The van der Waals surface area contributed by atoms with Crippen LogP contribution in [0, 0.1) is 15.9 Å². The number of nitrogens with one attached hydrogen (secondary N) is 1. The monoisotopic (exact) mass is 539 g/mol. The van der Waals surface area contributed by atoms with Gasteiger partial charge >= 0.3 is 17.0 Å². The number of nitrogens with zero attached hydrogens (tertiary/aromatic N) is 4. The molecule has 36 heavy (non-hydrogen) atoms.